The molecule has 0 aliphatic carbocycles. The summed E-state index contributed by atoms with van der Waals surface area (Å²) >= 11 is 0. The molecule has 0 amide bonds. The van der Waals surface area contributed by atoms with Crippen LogP contribution >= 0.6 is 0 Å². The third-order valence-corrected chi connectivity index (χ3v) is 3.19. The van der Waals surface area contributed by atoms with E-state index in [0.29, 0.717) is 6.42 Å². The zero-order chi connectivity index (χ0) is 15.7. The fraction of sp³-hybridized carbons (Fsp3) is 0.933. The van der Waals surface area contributed by atoms with Gasteiger partial charge in [0.25, 0.3) is 0 Å². The molecule has 1 fully saturated rings. The molecule has 0 aromatic rings. The van der Waals surface area contributed by atoms with Gasteiger partial charge in [-0.15, -0.1) is 0 Å². The van der Waals surface area contributed by atoms with Gasteiger partial charge in [0.2, 0.25) is 0 Å². The van der Waals surface area contributed by atoms with E-state index in [1.54, 1.807) is 13.8 Å². The first-order valence-corrected chi connectivity index (χ1v) is 7.56. The van der Waals surface area contributed by atoms with E-state index < -0.39 is 18.5 Å². The standard InChI is InChI=1S/C13H24O5.C2H6/c1-8(14)5-4-6-9(2)17-13-12(16)7-11(15)10(3)18-13;1-2/h9-13,15-16H,4-7H2,1-3H3;1-2H3/t9?,10?,11?,12-,13?;/m0./s1. The first-order chi connectivity index (χ1) is 9.40. The lowest BCUT2D eigenvalue weighted by atomic mass is 10.0. The molecule has 1 saturated heterocycles. The van der Waals surface area contributed by atoms with E-state index in [2.05, 4.69) is 0 Å². The summed E-state index contributed by atoms with van der Waals surface area (Å²) in [5, 5.41) is 19.3. The minimum Gasteiger partial charge on any atom is -0.390 e. The van der Waals surface area contributed by atoms with Crippen molar-refractivity contribution in [2.24, 2.45) is 0 Å². The highest BCUT2D eigenvalue weighted by Crippen LogP contribution is 2.22. The van der Waals surface area contributed by atoms with Gasteiger partial charge in [0.15, 0.2) is 6.29 Å². The van der Waals surface area contributed by atoms with E-state index in [0.717, 1.165) is 12.8 Å². The van der Waals surface area contributed by atoms with Crippen LogP contribution in [0.15, 0.2) is 0 Å². The zero-order valence-corrected chi connectivity index (χ0v) is 13.3. The maximum atomic E-state index is 10.8. The van der Waals surface area contributed by atoms with Gasteiger partial charge in [0, 0.05) is 12.8 Å². The van der Waals surface area contributed by atoms with Crippen molar-refractivity contribution >= 4 is 5.78 Å². The first kappa shape index (κ1) is 19.5. The monoisotopic (exact) mass is 290 g/mol. The molecule has 0 aromatic carbocycles. The van der Waals surface area contributed by atoms with Crippen LogP contribution in [0.2, 0.25) is 0 Å². The molecule has 0 spiro atoms. The largest absolute Gasteiger partial charge is 0.390 e. The number of aliphatic hydroxyl groups is 2. The van der Waals surface area contributed by atoms with Crippen LogP contribution < -0.4 is 0 Å². The van der Waals surface area contributed by atoms with Gasteiger partial charge in [0.05, 0.1) is 18.3 Å². The summed E-state index contributed by atoms with van der Waals surface area (Å²) in [4.78, 5) is 10.8. The number of Topliss-reactive ketones (excluding diaryl/α,β-unsaturated/α-hetero) is 1. The van der Waals surface area contributed by atoms with Crippen molar-refractivity contribution in [2.45, 2.75) is 91.0 Å². The van der Waals surface area contributed by atoms with Gasteiger partial charge in [0.1, 0.15) is 11.9 Å². The fourth-order valence-electron chi connectivity index (χ4n) is 2.00. The van der Waals surface area contributed by atoms with Crippen molar-refractivity contribution in [1.29, 1.82) is 0 Å². The van der Waals surface area contributed by atoms with Crippen molar-refractivity contribution in [2.75, 3.05) is 0 Å². The van der Waals surface area contributed by atoms with Crippen LogP contribution in [-0.4, -0.2) is 46.7 Å². The summed E-state index contributed by atoms with van der Waals surface area (Å²) in [6.07, 6.45) is -0.187. The highest BCUT2D eigenvalue weighted by atomic mass is 16.7. The van der Waals surface area contributed by atoms with Crippen LogP contribution in [0.5, 0.6) is 0 Å². The molecule has 5 atom stereocenters. The molecule has 0 radical (unpaired) electrons. The highest BCUT2D eigenvalue weighted by Gasteiger charge is 2.35. The van der Waals surface area contributed by atoms with Crippen LogP contribution in [0.3, 0.4) is 0 Å². The minimum absolute atomic E-state index is 0.0774. The highest BCUT2D eigenvalue weighted by molar-refractivity contribution is 5.75. The van der Waals surface area contributed by atoms with Crippen molar-refractivity contribution in [1.82, 2.24) is 0 Å². The van der Waals surface area contributed by atoms with Gasteiger partial charge in [-0.3, -0.25) is 0 Å². The van der Waals surface area contributed by atoms with Gasteiger partial charge in [-0.25, -0.2) is 0 Å². The molecule has 5 heteroatoms. The van der Waals surface area contributed by atoms with E-state index in [9.17, 15) is 15.0 Å². The number of ketones is 1. The van der Waals surface area contributed by atoms with Crippen molar-refractivity contribution in [3.05, 3.63) is 0 Å². The normalized spacial score (nSPS) is 31.1. The molecule has 20 heavy (non-hydrogen) atoms. The van der Waals surface area contributed by atoms with Crippen molar-refractivity contribution in [3.63, 3.8) is 0 Å². The maximum absolute atomic E-state index is 10.8. The lowest BCUT2D eigenvalue weighted by Crippen LogP contribution is -2.48. The second-order valence-corrected chi connectivity index (χ2v) is 5.12. The third kappa shape index (κ3) is 7.33. The zero-order valence-electron chi connectivity index (χ0n) is 13.3. The fourth-order valence-corrected chi connectivity index (χ4v) is 2.00. The Bertz CT molecular complexity index is 269. The summed E-state index contributed by atoms with van der Waals surface area (Å²) in [5.41, 5.74) is 0. The molecule has 2 N–H and O–H groups in total. The molecule has 1 heterocycles. The second-order valence-electron chi connectivity index (χ2n) is 5.12. The number of aliphatic hydroxyl groups excluding tert-OH is 2. The molecule has 5 nitrogen and oxygen atoms in total. The topological polar surface area (TPSA) is 76.0 Å². The summed E-state index contributed by atoms with van der Waals surface area (Å²) in [7, 11) is 0. The Kier molecular flexibility index (Phi) is 10.0. The number of carbonyl (C=O) groups is 1. The molecule has 1 rings (SSSR count). The second kappa shape index (κ2) is 10.3. The van der Waals surface area contributed by atoms with Crippen LogP contribution in [0.25, 0.3) is 0 Å². The SMILES string of the molecule is CC.CC(=O)CCCC(C)OC1OC(C)C(O)C[C@@H]1O. The summed E-state index contributed by atoms with van der Waals surface area (Å²) in [6, 6.07) is 0. The Morgan fingerprint density at radius 3 is 2.50 bits per heavy atom. The molecule has 1 aliphatic rings. The Morgan fingerprint density at radius 1 is 1.35 bits per heavy atom. The molecule has 1 aliphatic heterocycles. The molecule has 0 aromatic heterocycles. The molecule has 4 unspecified atom stereocenters. The van der Waals surface area contributed by atoms with Crippen LogP contribution in [-0.2, 0) is 14.3 Å². The number of carbonyl (C=O) groups excluding carboxylic acids is 1. The van der Waals surface area contributed by atoms with Crippen LogP contribution in [0.4, 0.5) is 0 Å². The summed E-state index contributed by atoms with van der Waals surface area (Å²) in [5.74, 6) is 0.174. The average Bonchev–Trinajstić information content (AvgIpc) is 2.38. The number of hydrogen-bond donors (Lipinski definition) is 2. The van der Waals surface area contributed by atoms with Gasteiger partial charge in [-0.2, -0.15) is 0 Å². The van der Waals surface area contributed by atoms with E-state index >= 15 is 0 Å². The Morgan fingerprint density at radius 2 is 1.95 bits per heavy atom. The van der Waals surface area contributed by atoms with Gasteiger partial charge >= 0.3 is 0 Å². The van der Waals surface area contributed by atoms with Gasteiger partial charge in [-0.1, -0.05) is 13.8 Å². The summed E-state index contributed by atoms with van der Waals surface area (Å²) in [6.45, 7) is 9.22. The average molecular weight is 290 g/mol. The molecule has 0 saturated carbocycles. The number of rotatable bonds is 6. The van der Waals surface area contributed by atoms with Gasteiger partial charge in [-0.05, 0) is 33.6 Å². The lowest BCUT2D eigenvalue weighted by molar-refractivity contribution is -0.273. The molecule has 120 valence electrons. The van der Waals surface area contributed by atoms with Crippen molar-refractivity contribution < 1.29 is 24.5 Å². The lowest BCUT2D eigenvalue weighted by Gasteiger charge is -2.36. The van der Waals surface area contributed by atoms with E-state index in [1.165, 1.54) is 0 Å². The quantitative estimate of drug-likeness (QED) is 0.783. The Hall–Kier alpha value is -0.490. The van der Waals surface area contributed by atoms with Crippen LogP contribution in [0.1, 0.15) is 60.3 Å². The van der Waals surface area contributed by atoms with Gasteiger partial charge < -0.3 is 24.5 Å². The molecular weight excluding hydrogens is 260 g/mol. The number of hydrogen-bond acceptors (Lipinski definition) is 5. The Labute approximate surface area is 122 Å². The predicted octanol–water partition coefficient (Wildman–Crippen LogP) is 2.03. The smallest absolute Gasteiger partial charge is 0.184 e. The number of ether oxygens (including phenoxy) is 2. The summed E-state index contributed by atoms with van der Waals surface area (Å²) < 4.78 is 11.0. The minimum atomic E-state index is -0.800. The van der Waals surface area contributed by atoms with E-state index in [4.69, 9.17) is 9.47 Å². The van der Waals surface area contributed by atoms with E-state index in [1.807, 2.05) is 20.8 Å². The Balaban J connectivity index is 0.00000172. The predicted molar refractivity (Wildman–Crippen MR) is 77.4 cm³/mol. The van der Waals surface area contributed by atoms with Crippen LogP contribution in [0, 0.1) is 0 Å². The maximum Gasteiger partial charge on any atom is 0.184 e. The molecule has 0 bridgehead atoms. The first-order valence-electron chi connectivity index (χ1n) is 7.56. The van der Waals surface area contributed by atoms with Crippen molar-refractivity contribution in [3.8, 4) is 0 Å². The molecular formula is C15H30O5. The third-order valence-electron chi connectivity index (χ3n) is 3.19. The van der Waals surface area contributed by atoms with E-state index in [-0.39, 0.29) is 24.4 Å².